The number of aromatic nitrogens is 1. The van der Waals surface area contributed by atoms with E-state index in [-0.39, 0.29) is 18.5 Å². The minimum atomic E-state index is -4.82. The van der Waals surface area contributed by atoms with Crippen LogP contribution in [0.5, 0.6) is 5.75 Å². The quantitative estimate of drug-likeness (QED) is 0.740. The van der Waals surface area contributed by atoms with Crippen LogP contribution in [0.4, 0.5) is 13.2 Å². The second-order valence-corrected chi connectivity index (χ2v) is 8.05. The highest BCUT2D eigenvalue weighted by molar-refractivity contribution is 5.84. The zero-order chi connectivity index (χ0) is 22.1. The molecule has 2 aliphatic rings. The highest BCUT2D eigenvalue weighted by atomic mass is 19.4. The summed E-state index contributed by atoms with van der Waals surface area (Å²) in [5, 5.41) is 0. The van der Waals surface area contributed by atoms with E-state index in [1.54, 1.807) is 11.8 Å². The van der Waals surface area contributed by atoms with E-state index in [0.29, 0.717) is 49.9 Å². The number of rotatable bonds is 4. The summed E-state index contributed by atoms with van der Waals surface area (Å²) in [7, 11) is 0. The number of alkyl halides is 3. The first kappa shape index (κ1) is 22.3. The van der Waals surface area contributed by atoms with Gasteiger partial charge in [0.1, 0.15) is 11.9 Å². The lowest BCUT2D eigenvalue weighted by molar-refractivity contribution is -0.274. The molecule has 1 amide bonds. The Hall–Kier alpha value is -2.36. The first-order valence-electron chi connectivity index (χ1n) is 9.96. The van der Waals surface area contributed by atoms with Crippen LogP contribution in [-0.4, -0.2) is 46.8 Å². The maximum Gasteiger partial charge on any atom is 0.573 e. The molecule has 0 aromatic carbocycles. The summed E-state index contributed by atoms with van der Waals surface area (Å²) in [4.78, 5) is 30.8. The number of nitrogens with two attached hydrogens (primary N) is 1. The van der Waals surface area contributed by atoms with E-state index in [2.05, 4.69) is 9.72 Å². The third-order valence-corrected chi connectivity index (χ3v) is 6.00. The SMILES string of the molecule is CC(=O)OC(C)C1(C(=O)N2CCc3ncc(OC(F)(F)F)cc3C2)CCC(N)CC1. The summed E-state index contributed by atoms with van der Waals surface area (Å²) >= 11 is 0. The smallest absolute Gasteiger partial charge is 0.462 e. The Morgan fingerprint density at radius 2 is 2.00 bits per heavy atom. The number of amides is 1. The third kappa shape index (κ3) is 4.85. The van der Waals surface area contributed by atoms with Gasteiger partial charge >= 0.3 is 12.3 Å². The fraction of sp³-hybridized carbons (Fsp3) is 0.650. The summed E-state index contributed by atoms with van der Waals surface area (Å²) in [5.74, 6) is -1.05. The predicted molar refractivity (Wildman–Crippen MR) is 100 cm³/mol. The van der Waals surface area contributed by atoms with Crippen molar-refractivity contribution in [2.75, 3.05) is 6.54 Å². The monoisotopic (exact) mass is 429 g/mol. The number of halogens is 3. The van der Waals surface area contributed by atoms with E-state index < -0.39 is 29.6 Å². The van der Waals surface area contributed by atoms with E-state index in [1.807, 2.05) is 0 Å². The number of esters is 1. The molecule has 3 rings (SSSR count). The van der Waals surface area contributed by atoms with Crippen molar-refractivity contribution in [1.82, 2.24) is 9.88 Å². The first-order valence-corrected chi connectivity index (χ1v) is 9.96. The highest BCUT2D eigenvalue weighted by Crippen LogP contribution is 2.43. The third-order valence-electron chi connectivity index (χ3n) is 6.00. The van der Waals surface area contributed by atoms with Gasteiger partial charge in [0.25, 0.3) is 0 Å². The van der Waals surface area contributed by atoms with Gasteiger partial charge in [0, 0.05) is 38.2 Å². The number of carbonyl (C=O) groups excluding carboxylic acids is 2. The van der Waals surface area contributed by atoms with Crippen molar-refractivity contribution in [1.29, 1.82) is 0 Å². The van der Waals surface area contributed by atoms with Crippen LogP contribution in [0.2, 0.25) is 0 Å². The lowest BCUT2D eigenvalue weighted by Gasteiger charge is -2.45. The molecule has 1 fully saturated rings. The van der Waals surface area contributed by atoms with Gasteiger partial charge in [0.2, 0.25) is 5.91 Å². The molecule has 0 spiro atoms. The number of carbonyl (C=O) groups is 2. The van der Waals surface area contributed by atoms with Crippen molar-refractivity contribution < 1.29 is 32.2 Å². The molecule has 1 unspecified atom stereocenters. The van der Waals surface area contributed by atoms with E-state index in [0.717, 1.165) is 6.20 Å². The van der Waals surface area contributed by atoms with Crippen molar-refractivity contribution in [3.8, 4) is 5.75 Å². The van der Waals surface area contributed by atoms with Crippen LogP contribution >= 0.6 is 0 Å². The van der Waals surface area contributed by atoms with Gasteiger partial charge < -0.3 is 20.1 Å². The maximum absolute atomic E-state index is 13.6. The number of ether oxygens (including phenoxy) is 2. The van der Waals surface area contributed by atoms with E-state index in [9.17, 15) is 22.8 Å². The van der Waals surface area contributed by atoms with Gasteiger partial charge in [-0.05, 0) is 44.2 Å². The Bertz CT molecular complexity index is 807. The molecule has 30 heavy (non-hydrogen) atoms. The van der Waals surface area contributed by atoms with Crippen molar-refractivity contribution in [3.63, 3.8) is 0 Å². The second kappa shape index (κ2) is 8.41. The lowest BCUT2D eigenvalue weighted by Crippen LogP contribution is -2.54. The van der Waals surface area contributed by atoms with Gasteiger partial charge in [0.05, 0.1) is 11.6 Å². The molecule has 10 heteroatoms. The predicted octanol–water partition coefficient (Wildman–Crippen LogP) is 2.70. The highest BCUT2D eigenvalue weighted by Gasteiger charge is 2.49. The van der Waals surface area contributed by atoms with Gasteiger partial charge in [-0.25, -0.2) is 0 Å². The average molecular weight is 429 g/mol. The summed E-state index contributed by atoms with van der Waals surface area (Å²) in [6.45, 7) is 3.52. The van der Waals surface area contributed by atoms with Gasteiger partial charge in [-0.3, -0.25) is 14.6 Å². The Kier molecular flexibility index (Phi) is 6.26. The van der Waals surface area contributed by atoms with Gasteiger partial charge in [-0.1, -0.05) is 0 Å². The van der Waals surface area contributed by atoms with Crippen molar-refractivity contribution in [2.24, 2.45) is 11.1 Å². The molecule has 1 saturated carbocycles. The first-order chi connectivity index (χ1) is 14.0. The number of hydrogen-bond donors (Lipinski definition) is 1. The van der Waals surface area contributed by atoms with Crippen molar-refractivity contribution in [3.05, 3.63) is 23.5 Å². The number of nitrogens with zero attached hydrogens (tertiary/aromatic N) is 2. The molecule has 2 heterocycles. The number of hydrogen-bond acceptors (Lipinski definition) is 6. The molecule has 0 saturated heterocycles. The number of pyridine rings is 1. The van der Waals surface area contributed by atoms with Crippen LogP contribution in [0.15, 0.2) is 12.3 Å². The van der Waals surface area contributed by atoms with Crippen LogP contribution in [0.25, 0.3) is 0 Å². The van der Waals surface area contributed by atoms with Gasteiger partial charge in [-0.15, -0.1) is 13.2 Å². The van der Waals surface area contributed by atoms with Crippen LogP contribution in [0, 0.1) is 5.41 Å². The molecular formula is C20H26F3N3O4. The molecule has 1 aromatic heterocycles. The molecular weight excluding hydrogens is 403 g/mol. The summed E-state index contributed by atoms with van der Waals surface area (Å²) in [6.07, 6.45) is -1.75. The molecule has 7 nitrogen and oxygen atoms in total. The van der Waals surface area contributed by atoms with E-state index in [1.165, 1.54) is 13.0 Å². The average Bonchev–Trinajstić information content (AvgIpc) is 2.66. The molecule has 2 N–H and O–H groups in total. The topological polar surface area (TPSA) is 94.8 Å². The summed E-state index contributed by atoms with van der Waals surface area (Å²) < 4.78 is 46.9. The zero-order valence-corrected chi connectivity index (χ0v) is 17.0. The lowest BCUT2D eigenvalue weighted by atomic mass is 9.68. The van der Waals surface area contributed by atoms with Gasteiger partial charge in [0.15, 0.2) is 0 Å². The Morgan fingerprint density at radius 3 is 2.60 bits per heavy atom. The fourth-order valence-corrected chi connectivity index (χ4v) is 4.39. The second-order valence-electron chi connectivity index (χ2n) is 8.05. The van der Waals surface area contributed by atoms with Crippen LogP contribution < -0.4 is 10.5 Å². The van der Waals surface area contributed by atoms with E-state index in [4.69, 9.17) is 10.5 Å². The Labute approximate surface area is 172 Å². The molecule has 166 valence electrons. The minimum absolute atomic E-state index is 0.0104. The van der Waals surface area contributed by atoms with E-state index >= 15 is 0 Å². The molecule has 0 radical (unpaired) electrons. The van der Waals surface area contributed by atoms with Crippen molar-refractivity contribution >= 4 is 11.9 Å². The minimum Gasteiger partial charge on any atom is -0.462 e. The van der Waals surface area contributed by atoms with Crippen LogP contribution in [0.1, 0.15) is 50.8 Å². The normalized spacial score (nSPS) is 25.3. The molecule has 1 aromatic rings. The zero-order valence-electron chi connectivity index (χ0n) is 17.0. The largest absolute Gasteiger partial charge is 0.573 e. The summed E-state index contributed by atoms with van der Waals surface area (Å²) in [5.41, 5.74) is 6.28. The van der Waals surface area contributed by atoms with Gasteiger partial charge in [-0.2, -0.15) is 0 Å². The Balaban J connectivity index is 1.83. The summed E-state index contributed by atoms with van der Waals surface area (Å²) in [6, 6.07) is 1.26. The molecule has 1 aliphatic heterocycles. The molecule has 1 aliphatic carbocycles. The number of fused-ring (bicyclic) bond motifs is 1. The molecule has 0 bridgehead atoms. The standard InChI is InChI=1S/C20H26F3N3O4/c1-12(29-13(2)27)19(6-3-15(24)4-7-19)18(28)26-8-5-17-14(11-26)9-16(10-25-17)30-20(21,22)23/h9-10,12,15H,3-8,11,24H2,1-2H3. The van der Waals surface area contributed by atoms with Crippen LogP contribution in [-0.2, 0) is 27.3 Å². The fourth-order valence-electron chi connectivity index (χ4n) is 4.39. The maximum atomic E-state index is 13.6. The van der Waals surface area contributed by atoms with Crippen LogP contribution in [0.3, 0.4) is 0 Å². The Morgan fingerprint density at radius 1 is 1.33 bits per heavy atom. The van der Waals surface area contributed by atoms with Crippen molar-refractivity contribution in [2.45, 2.75) is 71.0 Å². The molecule has 1 atom stereocenters.